The van der Waals surface area contributed by atoms with Gasteiger partial charge in [0.2, 0.25) is 27.7 Å². The van der Waals surface area contributed by atoms with E-state index >= 15 is 0 Å². The normalized spacial score (nSPS) is 19.8. The van der Waals surface area contributed by atoms with Crippen LogP contribution in [0.25, 0.3) is 0 Å². The maximum Gasteiger partial charge on any atom is 0.259 e. The molecule has 1 heterocycles. The number of allylic oxidation sites excluding steroid dienone is 1. The predicted octanol–water partition coefficient (Wildman–Crippen LogP) is 2.11. The Morgan fingerprint density at radius 2 is 1.81 bits per heavy atom. The molecule has 0 spiro atoms. The zero-order valence-corrected chi connectivity index (χ0v) is 25.0. The average molecular weight is 603 g/mol. The third-order valence-corrected chi connectivity index (χ3v) is 9.96. The third-order valence-electron chi connectivity index (χ3n) is 8.14. The van der Waals surface area contributed by atoms with Crippen LogP contribution in [0.4, 0.5) is 0 Å². The van der Waals surface area contributed by atoms with Crippen LogP contribution in [0.1, 0.15) is 76.2 Å². The molecule has 0 radical (unpaired) electrons. The lowest BCUT2D eigenvalue weighted by Gasteiger charge is -2.30. The van der Waals surface area contributed by atoms with Crippen LogP contribution in [0, 0.1) is 0 Å². The molecule has 1 aromatic carbocycles. The topological polar surface area (TPSA) is 151 Å². The number of unbranched alkanes of at least 4 members (excludes halogenated alkanes) is 3. The molecule has 1 saturated heterocycles. The first-order valence-electron chi connectivity index (χ1n) is 14.8. The van der Waals surface area contributed by atoms with Gasteiger partial charge in [0.1, 0.15) is 23.4 Å². The van der Waals surface area contributed by atoms with Gasteiger partial charge in [-0.25, -0.2) is 8.42 Å². The molecule has 0 bridgehead atoms. The van der Waals surface area contributed by atoms with E-state index in [-0.39, 0.29) is 18.2 Å². The molecule has 1 aliphatic heterocycles. The van der Waals surface area contributed by atoms with Crippen molar-refractivity contribution < 1.29 is 32.3 Å². The Morgan fingerprint density at radius 3 is 2.43 bits per heavy atom. The first-order valence-corrected chi connectivity index (χ1v) is 16.3. The summed E-state index contributed by atoms with van der Waals surface area (Å²) in [5.74, 6) is -1.14. The number of hydrogen-bond acceptors (Lipinski definition) is 7. The number of rotatable bonds is 16. The molecule has 3 fully saturated rings. The number of ether oxygens (including phenoxy) is 1. The fourth-order valence-electron chi connectivity index (χ4n) is 5.29. The number of likely N-dealkylation sites (tertiary alicyclic amines) is 1. The van der Waals surface area contributed by atoms with Crippen molar-refractivity contribution in [3.05, 3.63) is 42.5 Å². The molecule has 11 nitrogen and oxygen atoms in total. The van der Waals surface area contributed by atoms with Gasteiger partial charge in [-0.3, -0.25) is 23.9 Å². The second-order valence-electron chi connectivity index (χ2n) is 11.5. The van der Waals surface area contributed by atoms with Crippen LogP contribution in [0.3, 0.4) is 0 Å². The Bertz CT molecular complexity index is 1270. The van der Waals surface area contributed by atoms with E-state index in [1.807, 2.05) is 6.08 Å². The van der Waals surface area contributed by atoms with Crippen molar-refractivity contribution in [1.82, 2.24) is 20.3 Å². The number of hydrogen-bond donors (Lipinski definition) is 3. The third kappa shape index (κ3) is 8.11. The highest BCUT2D eigenvalue weighted by Gasteiger charge is 2.54. The smallest absolute Gasteiger partial charge is 0.259 e. The quantitative estimate of drug-likeness (QED) is 0.194. The maximum absolute atomic E-state index is 13.8. The Kier molecular flexibility index (Phi) is 10.3. The van der Waals surface area contributed by atoms with Gasteiger partial charge in [0.05, 0.1) is 18.8 Å². The summed E-state index contributed by atoms with van der Waals surface area (Å²) in [5, 5.41) is 5.09. The zero-order chi connectivity index (χ0) is 30.3. The lowest BCUT2D eigenvalue weighted by molar-refractivity contribution is -0.142. The number of sulfonamides is 1. The number of carbonyl (C=O) groups is 4. The van der Waals surface area contributed by atoms with Crippen molar-refractivity contribution in [3.8, 4) is 5.75 Å². The Labute approximate surface area is 247 Å². The maximum atomic E-state index is 13.8. The van der Waals surface area contributed by atoms with Gasteiger partial charge in [0, 0.05) is 6.54 Å². The fraction of sp³-hybridized carbons (Fsp3) is 0.600. The van der Waals surface area contributed by atoms with Gasteiger partial charge >= 0.3 is 0 Å². The number of carbonyl (C=O) groups excluding carboxylic acids is 4. The van der Waals surface area contributed by atoms with Crippen LogP contribution in [-0.2, 0) is 35.6 Å². The molecule has 4 amide bonds. The number of amides is 4. The van der Waals surface area contributed by atoms with Crippen LogP contribution in [0.15, 0.2) is 36.9 Å². The van der Waals surface area contributed by atoms with Gasteiger partial charge in [-0.05, 0) is 75.5 Å². The van der Waals surface area contributed by atoms with Crippen molar-refractivity contribution >= 4 is 33.7 Å². The first kappa shape index (κ1) is 31.5. The second kappa shape index (κ2) is 13.7. The van der Waals surface area contributed by atoms with Gasteiger partial charge in [-0.15, -0.1) is 6.58 Å². The molecule has 12 heteroatoms. The Balaban J connectivity index is 1.39. The van der Waals surface area contributed by atoms with E-state index in [0.717, 1.165) is 31.2 Å². The van der Waals surface area contributed by atoms with Crippen molar-refractivity contribution in [2.75, 3.05) is 13.7 Å². The second-order valence-corrected chi connectivity index (χ2v) is 13.5. The summed E-state index contributed by atoms with van der Waals surface area (Å²) in [4.78, 5) is 54.4. The summed E-state index contributed by atoms with van der Waals surface area (Å²) >= 11 is 0. The zero-order valence-electron chi connectivity index (χ0n) is 24.2. The van der Waals surface area contributed by atoms with Gasteiger partial charge in [-0.2, -0.15) is 0 Å². The molecule has 230 valence electrons. The summed E-state index contributed by atoms with van der Waals surface area (Å²) in [6, 6.07) is 5.54. The molecular formula is C30H42N4O7S. The average Bonchev–Trinajstić information content (AvgIpc) is 3.90. The molecule has 2 aliphatic carbocycles. The van der Waals surface area contributed by atoms with E-state index in [4.69, 9.17) is 4.74 Å². The van der Waals surface area contributed by atoms with Crippen LogP contribution < -0.4 is 20.1 Å². The van der Waals surface area contributed by atoms with E-state index in [1.54, 1.807) is 31.4 Å². The van der Waals surface area contributed by atoms with E-state index in [0.29, 0.717) is 57.2 Å². The van der Waals surface area contributed by atoms with E-state index in [1.165, 1.54) is 4.90 Å². The van der Waals surface area contributed by atoms with Gasteiger partial charge in [0.25, 0.3) is 5.91 Å². The van der Waals surface area contributed by atoms with Gasteiger partial charge in [-0.1, -0.05) is 31.1 Å². The van der Waals surface area contributed by atoms with Gasteiger partial charge in [0.15, 0.2) is 0 Å². The molecule has 4 rings (SSSR count). The molecule has 0 aromatic heterocycles. The standard InChI is InChI=1S/C30H42N4O7S/c1-3-4-5-6-7-9-24(31-26(35)20-21-11-13-22(41-2)14-12-21)28(37)34-19-8-10-25(34)27(36)32-30(17-18-30)29(38)33-42(39,40)23-15-16-23/h3,11-14,23-25H,1,4-10,15-20H2,2H3,(H,31,35)(H,32,36)(H,33,38)/t24-,25-/m0/s1. The number of benzene rings is 1. The molecule has 42 heavy (non-hydrogen) atoms. The van der Waals surface area contributed by atoms with E-state index < -0.39 is 44.7 Å². The highest BCUT2D eigenvalue weighted by molar-refractivity contribution is 7.91. The highest BCUT2D eigenvalue weighted by atomic mass is 32.2. The monoisotopic (exact) mass is 602 g/mol. The summed E-state index contributed by atoms with van der Waals surface area (Å²) in [6.07, 6.45) is 8.49. The fourth-order valence-corrected chi connectivity index (χ4v) is 6.67. The summed E-state index contributed by atoms with van der Waals surface area (Å²) in [5.41, 5.74) is -0.492. The molecule has 3 aliphatic rings. The summed E-state index contributed by atoms with van der Waals surface area (Å²) < 4.78 is 31.8. The van der Waals surface area contributed by atoms with Crippen LogP contribution in [0.2, 0.25) is 0 Å². The molecular weight excluding hydrogens is 560 g/mol. The minimum atomic E-state index is -3.74. The van der Waals surface area contributed by atoms with Crippen molar-refractivity contribution in [1.29, 1.82) is 0 Å². The van der Waals surface area contributed by atoms with Crippen molar-refractivity contribution in [2.24, 2.45) is 0 Å². The highest BCUT2D eigenvalue weighted by Crippen LogP contribution is 2.37. The molecule has 2 saturated carbocycles. The SMILES string of the molecule is C=CCCCCC[C@H](NC(=O)Cc1ccc(OC)cc1)C(=O)N1CCC[C@H]1C(=O)NC1(C(=O)NS(=O)(=O)C2CC2)CC1. The predicted molar refractivity (Wildman–Crippen MR) is 157 cm³/mol. The van der Waals surface area contributed by atoms with E-state index in [2.05, 4.69) is 21.9 Å². The van der Waals surface area contributed by atoms with Crippen LogP contribution in [0.5, 0.6) is 5.75 Å². The first-order chi connectivity index (χ1) is 20.1. The Hall–Kier alpha value is -3.41. The summed E-state index contributed by atoms with van der Waals surface area (Å²) in [6.45, 7) is 4.09. The largest absolute Gasteiger partial charge is 0.497 e. The van der Waals surface area contributed by atoms with Crippen LogP contribution >= 0.6 is 0 Å². The van der Waals surface area contributed by atoms with Crippen LogP contribution in [-0.4, -0.2) is 73.5 Å². The minimum Gasteiger partial charge on any atom is -0.497 e. The summed E-state index contributed by atoms with van der Waals surface area (Å²) in [7, 11) is -2.17. The minimum absolute atomic E-state index is 0.0928. The Morgan fingerprint density at radius 1 is 1.10 bits per heavy atom. The molecule has 3 N–H and O–H groups in total. The number of nitrogens with one attached hydrogen (secondary N) is 3. The molecule has 2 atom stereocenters. The van der Waals surface area contributed by atoms with Crippen molar-refractivity contribution in [2.45, 2.75) is 99.9 Å². The molecule has 0 unspecified atom stereocenters. The van der Waals surface area contributed by atoms with Gasteiger partial charge < -0.3 is 20.3 Å². The van der Waals surface area contributed by atoms with E-state index in [9.17, 15) is 27.6 Å². The lowest BCUT2D eigenvalue weighted by Crippen LogP contribution is -2.57. The van der Waals surface area contributed by atoms with Crippen molar-refractivity contribution in [3.63, 3.8) is 0 Å². The lowest BCUT2D eigenvalue weighted by atomic mass is 10.0. The number of nitrogens with zero attached hydrogens (tertiary/aromatic N) is 1. The molecule has 1 aromatic rings. The number of methoxy groups -OCH3 is 1.